The molecule has 1 aromatic carbocycles. The van der Waals surface area contributed by atoms with Crippen LogP contribution in [0.5, 0.6) is 0 Å². The number of Topliss-reactive ketones (excluding diaryl/α,β-unsaturated/α-hetero) is 1. The van der Waals surface area contributed by atoms with E-state index in [4.69, 9.17) is 0 Å². The lowest BCUT2D eigenvalue weighted by atomic mass is 9.73. The molecular formula is C21H25N5O3S. The molecule has 8 nitrogen and oxygen atoms in total. The molecule has 0 amide bonds. The molecule has 0 spiro atoms. The summed E-state index contributed by atoms with van der Waals surface area (Å²) < 4.78 is 1.71. The van der Waals surface area contributed by atoms with Gasteiger partial charge in [-0.15, -0.1) is 5.10 Å². The summed E-state index contributed by atoms with van der Waals surface area (Å²) in [5.41, 5.74) is 1.99. The second-order valence-corrected chi connectivity index (χ2v) is 9.64. The number of carbonyl (C=O) groups excluding carboxylic acids is 1. The van der Waals surface area contributed by atoms with E-state index in [1.165, 1.54) is 12.1 Å². The van der Waals surface area contributed by atoms with Crippen molar-refractivity contribution in [1.29, 1.82) is 0 Å². The van der Waals surface area contributed by atoms with Gasteiger partial charge in [-0.1, -0.05) is 51.1 Å². The third kappa shape index (κ3) is 3.86. The van der Waals surface area contributed by atoms with E-state index in [-0.39, 0.29) is 16.9 Å². The highest BCUT2D eigenvalue weighted by molar-refractivity contribution is 7.99. The van der Waals surface area contributed by atoms with Crippen LogP contribution in [-0.2, 0) is 4.79 Å². The summed E-state index contributed by atoms with van der Waals surface area (Å²) in [5.74, 6) is 1.54. The minimum absolute atomic E-state index is 0.00372. The summed E-state index contributed by atoms with van der Waals surface area (Å²) in [4.78, 5) is 28.7. The van der Waals surface area contributed by atoms with Gasteiger partial charge in [0.05, 0.1) is 4.92 Å². The Morgan fingerprint density at radius 3 is 2.90 bits per heavy atom. The van der Waals surface area contributed by atoms with Crippen molar-refractivity contribution in [2.75, 3.05) is 11.1 Å². The van der Waals surface area contributed by atoms with Crippen molar-refractivity contribution in [3.63, 3.8) is 0 Å². The Kier molecular flexibility index (Phi) is 5.40. The number of allylic oxidation sites excluding steroid dienone is 2. The first-order valence-electron chi connectivity index (χ1n) is 10.2. The summed E-state index contributed by atoms with van der Waals surface area (Å²) in [6, 6.07) is 5.94. The van der Waals surface area contributed by atoms with Crippen LogP contribution >= 0.6 is 11.8 Å². The van der Waals surface area contributed by atoms with Crippen LogP contribution in [0.2, 0.25) is 0 Å². The van der Waals surface area contributed by atoms with Gasteiger partial charge in [0.1, 0.15) is 6.04 Å². The van der Waals surface area contributed by atoms with Crippen LogP contribution in [0.25, 0.3) is 0 Å². The fourth-order valence-corrected chi connectivity index (χ4v) is 4.99. The van der Waals surface area contributed by atoms with Crippen LogP contribution in [0, 0.1) is 15.5 Å². The molecule has 0 saturated heterocycles. The highest BCUT2D eigenvalue weighted by atomic mass is 32.2. The summed E-state index contributed by atoms with van der Waals surface area (Å²) in [6.45, 7) is 6.28. The molecule has 1 N–H and O–H groups in total. The van der Waals surface area contributed by atoms with Gasteiger partial charge in [-0.3, -0.25) is 14.9 Å². The standard InChI is InChI=1S/C21H25N5O3S/c1-4-5-9-30-20-23-19-22-15-11-21(2,3)12-16(27)17(15)18(25(19)24-20)13-7-6-8-14(10-13)26(28)29/h6-8,10,18H,4-5,9,11-12H2,1-3H3,(H,22,23,24). The van der Waals surface area contributed by atoms with Crippen molar-refractivity contribution in [1.82, 2.24) is 14.8 Å². The number of non-ortho nitro benzene ring substituents is 1. The third-order valence-corrected chi connectivity index (χ3v) is 6.36. The molecular weight excluding hydrogens is 402 g/mol. The number of fused-ring (bicyclic) bond motifs is 1. The second kappa shape index (κ2) is 7.86. The zero-order valence-electron chi connectivity index (χ0n) is 17.3. The van der Waals surface area contributed by atoms with Crippen LogP contribution in [0.15, 0.2) is 40.7 Å². The number of ketones is 1. The van der Waals surface area contributed by atoms with E-state index in [0.29, 0.717) is 35.1 Å². The molecule has 1 atom stereocenters. The van der Waals surface area contributed by atoms with Gasteiger partial charge in [0, 0.05) is 35.6 Å². The number of benzene rings is 1. The third-order valence-electron chi connectivity index (χ3n) is 5.44. The molecule has 4 rings (SSSR count). The van der Waals surface area contributed by atoms with E-state index in [1.807, 2.05) is 6.07 Å². The minimum Gasteiger partial charge on any atom is -0.328 e. The van der Waals surface area contributed by atoms with Gasteiger partial charge in [-0.2, -0.15) is 4.98 Å². The molecule has 2 aromatic rings. The maximum Gasteiger partial charge on any atom is 0.269 e. The molecule has 0 saturated carbocycles. The summed E-state index contributed by atoms with van der Waals surface area (Å²) in [5, 5.41) is 20.0. The number of anilines is 1. The van der Waals surface area contributed by atoms with Crippen molar-refractivity contribution in [3.8, 4) is 0 Å². The molecule has 9 heteroatoms. The number of hydrogen-bond acceptors (Lipinski definition) is 7. The van der Waals surface area contributed by atoms with Crippen LogP contribution in [0.3, 0.4) is 0 Å². The van der Waals surface area contributed by atoms with Crippen molar-refractivity contribution in [3.05, 3.63) is 51.2 Å². The SMILES string of the molecule is CCCCSc1nc2n(n1)C(c1cccc([N+](=O)[O-])c1)C1=C(CC(C)(C)CC1=O)N2. The first kappa shape index (κ1) is 20.6. The average molecular weight is 428 g/mol. The topological polar surface area (TPSA) is 103 Å². The molecule has 0 bridgehead atoms. The van der Waals surface area contributed by atoms with E-state index in [9.17, 15) is 14.9 Å². The Labute approximate surface area is 179 Å². The zero-order chi connectivity index (χ0) is 21.5. The summed E-state index contributed by atoms with van der Waals surface area (Å²) >= 11 is 1.58. The van der Waals surface area contributed by atoms with E-state index >= 15 is 0 Å². The van der Waals surface area contributed by atoms with Gasteiger partial charge in [-0.05, 0) is 23.8 Å². The predicted molar refractivity (Wildman–Crippen MR) is 116 cm³/mol. The summed E-state index contributed by atoms with van der Waals surface area (Å²) in [6.07, 6.45) is 3.30. The molecule has 1 unspecified atom stereocenters. The number of carbonyl (C=O) groups is 1. The van der Waals surface area contributed by atoms with Gasteiger partial charge in [0.25, 0.3) is 5.69 Å². The van der Waals surface area contributed by atoms with Crippen molar-refractivity contribution in [2.45, 2.75) is 57.7 Å². The highest BCUT2D eigenvalue weighted by Gasteiger charge is 2.42. The minimum atomic E-state index is -0.521. The molecule has 1 aliphatic heterocycles. The number of nitro groups is 1. The number of hydrogen-bond donors (Lipinski definition) is 1. The van der Waals surface area contributed by atoms with E-state index < -0.39 is 11.0 Å². The Morgan fingerprint density at radius 2 is 2.17 bits per heavy atom. The number of rotatable bonds is 6. The number of thioether (sulfide) groups is 1. The molecule has 2 aliphatic rings. The van der Waals surface area contributed by atoms with Crippen molar-refractivity contribution < 1.29 is 9.72 Å². The van der Waals surface area contributed by atoms with Crippen LogP contribution in [-0.4, -0.2) is 31.2 Å². The second-order valence-electron chi connectivity index (χ2n) is 8.58. The Bertz CT molecular complexity index is 1040. The number of nitro benzene ring substituents is 1. The molecule has 30 heavy (non-hydrogen) atoms. The number of nitrogens with one attached hydrogen (secondary N) is 1. The quantitative estimate of drug-likeness (QED) is 0.307. The monoisotopic (exact) mass is 427 g/mol. The van der Waals surface area contributed by atoms with Crippen LogP contribution < -0.4 is 5.32 Å². The Hall–Kier alpha value is -2.68. The van der Waals surface area contributed by atoms with E-state index in [2.05, 4.69) is 36.2 Å². The van der Waals surface area contributed by atoms with Crippen LogP contribution in [0.4, 0.5) is 11.6 Å². The lowest BCUT2D eigenvalue weighted by Gasteiger charge is -2.38. The smallest absolute Gasteiger partial charge is 0.269 e. The predicted octanol–water partition coefficient (Wildman–Crippen LogP) is 4.74. The van der Waals surface area contributed by atoms with Crippen LogP contribution in [0.1, 0.15) is 58.1 Å². The maximum absolute atomic E-state index is 13.2. The normalized spacial score (nSPS) is 19.8. The first-order chi connectivity index (χ1) is 14.3. The van der Waals surface area contributed by atoms with Crippen molar-refractivity contribution in [2.24, 2.45) is 5.41 Å². The number of unbranched alkanes of at least 4 members (excludes halogenated alkanes) is 1. The average Bonchev–Trinajstić information content (AvgIpc) is 3.08. The van der Waals surface area contributed by atoms with Gasteiger partial charge in [0.2, 0.25) is 11.1 Å². The summed E-state index contributed by atoms with van der Waals surface area (Å²) in [7, 11) is 0. The van der Waals surface area contributed by atoms with Gasteiger partial charge < -0.3 is 5.32 Å². The van der Waals surface area contributed by atoms with Gasteiger partial charge in [-0.25, -0.2) is 4.68 Å². The first-order valence-corrected chi connectivity index (χ1v) is 11.1. The number of nitrogens with zero attached hydrogens (tertiary/aromatic N) is 4. The van der Waals surface area contributed by atoms with Gasteiger partial charge in [0.15, 0.2) is 5.78 Å². The Morgan fingerprint density at radius 1 is 1.37 bits per heavy atom. The lowest BCUT2D eigenvalue weighted by Crippen LogP contribution is -2.36. The molecule has 1 aliphatic carbocycles. The van der Waals surface area contributed by atoms with Gasteiger partial charge >= 0.3 is 0 Å². The van der Waals surface area contributed by atoms with Crippen molar-refractivity contribution >= 4 is 29.2 Å². The molecule has 0 fully saturated rings. The fraction of sp³-hybridized carbons (Fsp3) is 0.476. The molecule has 0 radical (unpaired) electrons. The fourth-order valence-electron chi connectivity index (χ4n) is 4.07. The largest absolute Gasteiger partial charge is 0.328 e. The molecule has 158 valence electrons. The lowest BCUT2D eigenvalue weighted by molar-refractivity contribution is -0.384. The maximum atomic E-state index is 13.2. The molecule has 2 heterocycles. The number of aromatic nitrogens is 3. The highest BCUT2D eigenvalue weighted by Crippen LogP contribution is 2.46. The van der Waals surface area contributed by atoms with E-state index in [0.717, 1.165) is 24.3 Å². The Balaban J connectivity index is 1.82. The zero-order valence-corrected chi connectivity index (χ0v) is 18.2. The molecule has 1 aromatic heterocycles. The van der Waals surface area contributed by atoms with E-state index in [1.54, 1.807) is 22.5 Å².